The zero-order valence-electron chi connectivity index (χ0n) is 13.7. The third-order valence-electron chi connectivity index (χ3n) is 3.92. The molecule has 0 aliphatic carbocycles. The third-order valence-corrected chi connectivity index (χ3v) is 4.88. The van der Waals surface area contributed by atoms with Gasteiger partial charge in [0.15, 0.2) is 11.5 Å². The first-order valence-electron chi connectivity index (χ1n) is 8.02. The van der Waals surface area contributed by atoms with Crippen molar-refractivity contribution in [1.82, 2.24) is 15.0 Å². The Bertz CT molecular complexity index is 898. The van der Waals surface area contributed by atoms with Crippen LogP contribution in [0.25, 0.3) is 10.2 Å². The number of ether oxygens (including phenoxy) is 2. The minimum atomic E-state index is -0.141. The van der Waals surface area contributed by atoms with Crippen molar-refractivity contribution in [3.63, 3.8) is 0 Å². The van der Waals surface area contributed by atoms with Crippen molar-refractivity contribution >= 4 is 27.5 Å². The van der Waals surface area contributed by atoms with Crippen molar-refractivity contribution in [1.29, 1.82) is 0 Å². The second-order valence-electron chi connectivity index (χ2n) is 5.73. The first-order chi connectivity index (χ1) is 12.2. The molecule has 0 N–H and O–H groups in total. The fourth-order valence-corrected chi connectivity index (χ4v) is 3.48. The molecule has 1 amide bonds. The van der Waals surface area contributed by atoms with Gasteiger partial charge in [-0.3, -0.25) is 4.79 Å². The summed E-state index contributed by atoms with van der Waals surface area (Å²) < 4.78 is 17.3. The van der Waals surface area contributed by atoms with Gasteiger partial charge < -0.3 is 18.9 Å². The molecule has 25 heavy (non-hydrogen) atoms. The number of rotatable bonds is 4. The van der Waals surface area contributed by atoms with Crippen molar-refractivity contribution in [2.75, 3.05) is 26.3 Å². The van der Waals surface area contributed by atoms with E-state index >= 15 is 0 Å². The first kappa shape index (κ1) is 16.0. The normalized spacial score (nSPS) is 14.8. The van der Waals surface area contributed by atoms with E-state index in [2.05, 4.69) is 10.1 Å². The van der Waals surface area contributed by atoms with Crippen LogP contribution in [-0.2, 0) is 11.3 Å². The molecular weight excluding hydrogens is 342 g/mol. The Kier molecular flexibility index (Phi) is 4.37. The molecule has 8 heteroatoms. The average Bonchev–Trinajstić information content (AvgIpc) is 3.25. The van der Waals surface area contributed by atoms with Crippen LogP contribution in [0.1, 0.15) is 21.3 Å². The second-order valence-corrected chi connectivity index (χ2v) is 6.97. The van der Waals surface area contributed by atoms with Gasteiger partial charge in [-0.1, -0.05) is 5.16 Å². The van der Waals surface area contributed by atoms with Gasteiger partial charge in [-0.15, -0.1) is 11.3 Å². The van der Waals surface area contributed by atoms with Crippen LogP contribution in [0, 0.1) is 6.92 Å². The molecular formula is C17H17N3O4S. The lowest BCUT2D eigenvalue weighted by atomic mass is 10.3. The summed E-state index contributed by atoms with van der Waals surface area (Å²) in [6.45, 7) is 4.44. The number of hydrogen-bond donors (Lipinski definition) is 0. The van der Waals surface area contributed by atoms with Crippen LogP contribution in [0.5, 0.6) is 5.75 Å². The molecule has 0 atom stereocenters. The topological polar surface area (TPSA) is 77.7 Å². The van der Waals surface area contributed by atoms with E-state index in [1.165, 1.54) is 0 Å². The summed E-state index contributed by atoms with van der Waals surface area (Å²) in [7, 11) is 0. The summed E-state index contributed by atoms with van der Waals surface area (Å²) in [6, 6.07) is 7.41. The molecule has 0 bridgehead atoms. The van der Waals surface area contributed by atoms with Gasteiger partial charge in [-0.05, 0) is 19.1 Å². The molecule has 130 valence electrons. The van der Waals surface area contributed by atoms with Crippen molar-refractivity contribution in [3.8, 4) is 5.75 Å². The molecule has 3 aromatic rings. The van der Waals surface area contributed by atoms with E-state index in [1.54, 1.807) is 22.3 Å². The van der Waals surface area contributed by atoms with Crippen LogP contribution in [0.2, 0.25) is 0 Å². The maximum absolute atomic E-state index is 12.3. The minimum absolute atomic E-state index is 0.141. The number of aromatic nitrogens is 2. The lowest BCUT2D eigenvalue weighted by Crippen LogP contribution is -2.40. The van der Waals surface area contributed by atoms with Gasteiger partial charge in [-0.2, -0.15) is 0 Å². The highest BCUT2D eigenvalue weighted by atomic mass is 32.1. The first-order valence-corrected chi connectivity index (χ1v) is 8.83. The monoisotopic (exact) mass is 359 g/mol. The zero-order valence-corrected chi connectivity index (χ0v) is 14.5. The van der Waals surface area contributed by atoms with E-state index in [9.17, 15) is 4.79 Å². The summed E-state index contributed by atoms with van der Waals surface area (Å²) in [5, 5.41) is 4.88. The molecule has 0 saturated carbocycles. The lowest BCUT2D eigenvalue weighted by Gasteiger charge is -2.25. The lowest BCUT2D eigenvalue weighted by molar-refractivity contribution is 0.0296. The number of hydrogen-bond acceptors (Lipinski definition) is 7. The number of fused-ring (bicyclic) bond motifs is 1. The maximum Gasteiger partial charge on any atom is 0.276 e. The van der Waals surface area contributed by atoms with Gasteiger partial charge >= 0.3 is 0 Å². The van der Waals surface area contributed by atoms with Crippen LogP contribution in [-0.4, -0.2) is 47.3 Å². The van der Waals surface area contributed by atoms with E-state index in [0.717, 1.165) is 15.2 Å². The molecule has 1 aliphatic rings. The SMILES string of the molecule is Cc1nc2cc(OCc3cc(C(=O)N4CCOCC4)no3)ccc2s1. The number of aryl methyl sites for hydroxylation is 1. The molecule has 0 unspecified atom stereocenters. The molecule has 4 rings (SSSR count). The van der Waals surface area contributed by atoms with Crippen molar-refractivity contribution < 1.29 is 18.8 Å². The van der Waals surface area contributed by atoms with Crippen molar-refractivity contribution in [2.24, 2.45) is 0 Å². The summed E-state index contributed by atoms with van der Waals surface area (Å²) in [4.78, 5) is 18.5. The number of morpholine rings is 1. The highest BCUT2D eigenvalue weighted by Crippen LogP contribution is 2.26. The Balaban J connectivity index is 1.40. The Morgan fingerprint density at radius 2 is 2.16 bits per heavy atom. The molecule has 0 radical (unpaired) electrons. The van der Waals surface area contributed by atoms with Gasteiger partial charge in [0.2, 0.25) is 0 Å². The average molecular weight is 359 g/mol. The Labute approximate surface area is 148 Å². The number of carbonyl (C=O) groups excluding carboxylic acids is 1. The largest absolute Gasteiger partial charge is 0.485 e. The molecule has 1 aliphatic heterocycles. The summed E-state index contributed by atoms with van der Waals surface area (Å²) in [5.74, 6) is 1.07. The van der Waals surface area contributed by atoms with Crippen LogP contribution in [0.4, 0.5) is 0 Å². The second kappa shape index (κ2) is 6.81. The molecule has 3 heterocycles. The van der Waals surface area contributed by atoms with E-state index in [0.29, 0.717) is 43.5 Å². The number of thiazole rings is 1. The number of amides is 1. The fourth-order valence-electron chi connectivity index (χ4n) is 2.68. The van der Waals surface area contributed by atoms with Crippen LogP contribution < -0.4 is 4.74 Å². The van der Waals surface area contributed by atoms with Gasteiger partial charge in [0.05, 0.1) is 28.4 Å². The van der Waals surface area contributed by atoms with Gasteiger partial charge in [0, 0.05) is 25.2 Å². The minimum Gasteiger partial charge on any atom is -0.485 e. The molecule has 1 aromatic carbocycles. The van der Waals surface area contributed by atoms with Gasteiger partial charge in [0.1, 0.15) is 12.4 Å². The fraction of sp³-hybridized carbons (Fsp3) is 0.353. The van der Waals surface area contributed by atoms with Crippen LogP contribution in [0.3, 0.4) is 0 Å². The smallest absolute Gasteiger partial charge is 0.276 e. The van der Waals surface area contributed by atoms with Crippen molar-refractivity contribution in [3.05, 3.63) is 40.7 Å². The summed E-state index contributed by atoms with van der Waals surface area (Å²) in [5.41, 5.74) is 1.21. The zero-order chi connectivity index (χ0) is 17.2. The van der Waals surface area contributed by atoms with E-state index in [-0.39, 0.29) is 12.5 Å². The molecule has 2 aromatic heterocycles. The Morgan fingerprint density at radius 3 is 3.00 bits per heavy atom. The predicted molar refractivity (Wildman–Crippen MR) is 91.9 cm³/mol. The highest BCUT2D eigenvalue weighted by molar-refractivity contribution is 7.18. The predicted octanol–water partition coefficient (Wildman–Crippen LogP) is 2.64. The summed E-state index contributed by atoms with van der Waals surface area (Å²) in [6.07, 6.45) is 0. The number of nitrogens with zero attached hydrogens (tertiary/aromatic N) is 3. The highest BCUT2D eigenvalue weighted by Gasteiger charge is 2.22. The van der Waals surface area contributed by atoms with Crippen LogP contribution in [0.15, 0.2) is 28.8 Å². The Morgan fingerprint density at radius 1 is 1.32 bits per heavy atom. The third kappa shape index (κ3) is 3.49. The van der Waals surface area contributed by atoms with Gasteiger partial charge in [-0.25, -0.2) is 4.98 Å². The van der Waals surface area contributed by atoms with Crippen molar-refractivity contribution in [2.45, 2.75) is 13.5 Å². The van der Waals surface area contributed by atoms with Gasteiger partial charge in [0.25, 0.3) is 5.91 Å². The molecule has 1 fully saturated rings. The molecule has 7 nitrogen and oxygen atoms in total. The van der Waals surface area contributed by atoms with Crippen LogP contribution >= 0.6 is 11.3 Å². The molecule has 1 saturated heterocycles. The van der Waals surface area contributed by atoms with E-state index < -0.39 is 0 Å². The molecule has 0 spiro atoms. The number of carbonyl (C=O) groups is 1. The Hall–Kier alpha value is -2.45. The number of benzene rings is 1. The standard InChI is InChI=1S/C17H17N3O4S/c1-11-18-14-8-12(2-3-16(14)25-11)23-10-13-9-15(19-24-13)17(21)20-4-6-22-7-5-20/h2-3,8-9H,4-7,10H2,1H3. The van der Waals surface area contributed by atoms with E-state index in [4.69, 9.17) is 14.0 Å². The van der Waals surface area contributed by atoms with E-state index in [1.807, 2.05) is 25.1 Å². The maximum atomic E-state index is 12.3. The summed E-state index contributed by atoms with van der Waals surface area (Å²) >= 11 is 1.65. The quantitative estimate of drug-likeness (QED) is 0.713.